The van der Waals surface area contributed by atoms with Crippen LogP contribution in [0.3, 0.4) is 0 Å². The molecule has 0 saturated carbocycles. The summed E-state index contributed by atoms with van der Waals surface area (Å²) >= 11 is 0. The first-order valence-corrected chi connectivity index (χ1v) is 5.82. The molecule has 2 aliphatic rings. The largest absolute Gasteiger partial charge is 0.380 e. The van der Waals surface area contributed by atoms with Crippen LogP contribution in [0.25, 0.3) is 0 Å². The average Bonchev–Trinajstić information content (AvgIpc) is 2.45. The molecule has 2 rings (SSSR count). The highest BCUT2D eigenvalue weighted by Gasteiger charge is 2.49. The van der Waals surface area contributed by atoms with E-state index in [1.54, 1.807) is 0 Å². The maximum absolute atomic E-state index is 5.45. The van der Waals surface area contributed by atoms with Gasteiger partial charge in [-0.1, -0.05) is 20.8 Å². The second kappa shape index (κ2) is 3.49. The lowest BCUT2D eigenvalue weighted by atomic mass is 9.61. The molecule has 0 amide bonds. The zero-order valence-electron chi connectivity index (χ0n) is 9.73. The van der Waals surface area contributed by atoms with Crippen molar-refractivity contribution < 1.29 is 4.74 Å². The van der Waals surface area contributed by atoms with Crippen LogP contribution in [0.15, 0.2) is 0 Å². The third-order valence-electron chi connectivity index (χ3n) is 4.19. The molecule has 0 aromatic heterocycles. The van der Waals surface area contributed by atoms with Crippen LogP contribution in [-0.2, 0) is 4.74 Å². The van der Waals surface area contributed by atoms with Crippen molar-refractivity contribution in [2.45, 2.75) is 33.6 Å². The number of hydrogen-bond acceptors (Lipinski definition) is 2. The molecule has 2 heteroatoms. The minimum Gasteiger partial charge on any atom is -0.380 e. The molecule has 0 aromatic rings. The molecule has 1 unspecified atom stereocenters. The molecule has 2 nitrogen and oxygen atoms in total. The molecule has 0 bridgehead atoms. The van der Waals surface area contributed by atoms with E-state index >= 15 is 0 Å². The zero-order valence-corrected chi connectivity index (χ0v) is 9.73. The van der Waals surface area contributed by atoms with E-state index in [9.17, 15) is 0 Å². The molecule has 2 heterocycles. The van der Waals surface area contributed by atoms with Crippen LogP contribution < -0.4 is 5.32 Å². The van der Waals surface area contributed by atoms with Crippen LogP contribution in [-0.4, -0.2) is 26.3 Å². The van der Waals surface area contributed by atoms with Crippen molar-refractivity contribution >= 4 is 0 Å². The van der Waals surface area contributed by atoms with Gasteiger partial charge in [0.05, 0.1) is 13.2 Å². The lowest BCUT2D eigenvalue weighted by Gasteiger charge is -2.52. The molecule has 14 heavy (non-hydrogen) atoms. The van der Waals surface area contributed by atoms with E-state index < -0.39 is 0 Å². The van der Waals surface area contributed by atoms with E-state index in [-0.39, 0.29) is 0 Å². The van der Waals surface area contributed by atoms with Gasteiger partial charge in [-0.2, -0.15) is 0 Å². The summed E-state index contributed by atoms with van der Waals surface area (Å²) in [7, 11) is 0. The monoisotopic (exact) mass is 197 g/mol. The molecule has 0 aromatic carbocycles. The standard InChI is InChI=1S/C12H23NO/c1-11(2,3)12(8-14-9-12)6-10-4-5-13-7-10/h10,13H,4-9H2,1-3H3. The van der Waals surface area contributed by atoms with Crippen molar-refractivity contribution in [3.05, 3.63) is 0 Å². The summed E-state index contributed by atoms with van der Waals surface area (Å²) in [4.78, 5) is 0. The minimum absolute atomic E-state index is 0.397. The molecule has 2 aliphatic heterocycles. The summed E-state index contributed by atoms with van der Waals surface area (Å²) in [6.45, 7) is 11.5. The fraction of sp³-hybridized carbons (Fsp3) is 1.00. The first-order valence-electron chi connectivity index (χ1n) is 5.82. The summed E-state index contributed by atoms with van der Waals surface area (Å²) in [6, 6.07) is 0. The van der Waals surface area contributed by atoms with E-state index in [1.807, 2.05) is 0 Å². The topological polar surface area (TPSA) is 21.3 Å². The number of hydrogen-bond donors (Lipinski definition) is 1. The Bertz CT molecular complexity index is 197. The van der Waals surface area contributed by atoms with Gasteiger partial charge in [-0.3, -0.25) is 0 Å². The summed E-state index contributed by atoms with van der Waals surface area (Å²) in [5.74, 6) is 0.887. The van der Waals surface area contributed by atoms with Gasteiger partial charge in [0.25, 0.3) is 0 Å². The molecule has 1 N–H and O–H groups in total. The average molecular weight is 197 g/mol. The van der Waals surface area contributed by atoms with Crippen molar-refractivity contribution in [1.82, 2.24) is 5.32 Å². The summed E-state index contributed by atoms with van der Waals surface area (Å²) in [6.07, 6.45) is 2.71. The molecular formula is C12H23NO. The van der Waals surface area contributed by atoms with Gasteiger partial charge in [0.15, 0.2) is 0 Å². The van der Waals surface area contributed by atoms with Crippen LogP contribution >= 0.6 is 0 Å². The highest BCUT2D eigenvalue weighted by molar-refractivity contribution is 4.97. The van der Waals surface area contributed by atoms with E-state index in [1.165, 1.54) is 25.9 Å². The molecule has 0 radical (unpaired) electrons. The van der Waals surface area contributed by atoms with E-state index in [0.29, 0.717) is 10.8 Å². The lowest BCUT2D eigenvalue weighted by Crippen LogP contribution is -2.53. The predicted molar refractivity (Wildman–Crippen MR) is 58.3 cm³/mol. The van der Waals surface area contributed by atoms with Crippen molar-refractivity contribution in [2.24, 2.45) is 16.7 Å². The molecule has 2 saturated heterocycles. The minimum atomic E-state index is 0.397. The highest BCUT2D eigenvalue weighted by Crippen LogP contribution is 2.49. The van der Waals surface area contributed by atoms with Crippen LogP contribution in [0, 0.1) is 16.7 Å². The van der Waals surface area contributed by atoms with E-state index in [0.717, 1.165) is 19.1 Å². The van der Waals surface area contributed by atoms with Crippen molar-refractivity contribution in [3.8, 4) is 0 Å². The normalized spacial score (nSPS) is 31.5. The van der Waals surface area contributed by atoms with Gasteiger partial charge in [0, 0.05) is 5.41 Å². The first kappa shape index (κ1) is 10.4. The Morgan fingerprint density at radius 3 is 2.43 bits per heavy atom. The smallest absolute Gasteiger partial charge is 0.0549 e. The maximum Gasteiger partial charge on any atom is 0.0549 e. The SMILES string of the molecule is CC(C)(C)C1(CC2CCNC2)COC1. The van der Waals surface area contributed by atoms with Gasteiger partial charge in [-0.05, 0) is 37.3 Å². The quantitative estimate of drug-likeness (QED) is 0.731. The zero-order chi connectivity index (χ0) is 10.2. The molecule has 82 valence electrons. The number of ether oxygens (including phenoxy) is 1. The molecule has 0 aliphatic carbocycles. The predicted octanol–water partition coefficient (Wildman–Crippen LogP) is 2.05. The third-order valence-corrected chi connectivity index (χ3v) is 4.19. The fourth-order valence-corrected chi connectivity index (χ4v) is 2.65. The van der Waals surface area contributed by atoms with Crippen molar-refractivity contribution in [1.29, 1.82) is 0 Å². The second-order valence-corrected chi connectivity index (χ2v) is 6.09. The van der Waals surface area contributed by atoms with Gasteiger partial charge in [-0.25, -0.2) is 0 Å². The second-order valence-electron chi connectivity index (χ2n) is 6.09. The van der Waals surface area contributed by atoms with Crippen LogP contribution in [0.1, 0.15) is 33.6 Å². The first-order chi connectivity index (χ1) is 6.54. The van der Waals surface area contributed by atoms with Crippen LogP contribution in [0.2, 0.25) is 0 Å². The molecule has 2 fully saturated rings. The molecule has 0 spiro atoms. The highest BCUT2D eigenvalue weighted by atomic mass is 16.5. The Balaban J connectivity index is 1.98. The Labute approximate surface area is 87.4 Å². The van der Waals surface area contributed by atoms with Gasteiger partial charge in [0.1, 0.15) is 0 Å². The molecule has 1 atom stereocenters. The third kappa shape index (κ3) is 1.70. The number of nitrogens with one attached hydrogen (secondary N) is 1. The van der Waals surface area contributed by atoms with Crippen LogP contribution in [0.5, 0.6) is 0 Å². The Kier molecular flexibility index (Phi) is 2.61. The number of rotatable bonds is 2. The fourth-order valence-electron chi connectivity index (χ4n) is 2.65. The van der Waals surface area contributed by atoms with Crippen molar-refractivity contribution in [2.75, 3.05) is 26.3 Å². The summed E-state index contributed by atoms with van der Waals surface area (Å²) < 4.78 is 5.45. The van der Waals surface area contributed by atoms with E-state index in [2.05, 4.69) is 26.1 Å². The summed E-state index contributed by atoms with van der Waals surface area (Å²) in [5.41, 5.74) is 0.859. The Morgan fingerprint density at radius 1 is 1.36 bits per heavy atom. The maximum atomic E-state index is 5.45. The van der Waals surface area contributed by atoms with E-state index in [4.69, 9.17) is 4.74 Å². The van der Waals surface area contributed by atoms with Gasteiger partial charge >= 0.3 is 0 Å². The van der Waals surface area contributed by atoms with Crippen LogP contribution in [0.4, 0.5) is 0 Å². The van der Waals surface area contributed by atoms with Gasteiger partial charge in [-0.15, -0.1) is 0 Å². The van der Waals surface area contributed by atoms with Gasteiger partial charge in [0.2, 0.25) is 0 Å². The Morgan fingerprint density at radius 2 is 2.07 bits per heavy atom. The summed E-state index contributed by atoms with van der Waals surface area (Å²) in [5, 5.41) is 3.45. The lowest BCUT2D eigenvalue weighted by molar-refractivity contribution is -0.180. The van der Waals surface area contributed by atoms with Crippen molar-refractivity contribution in [3.63, 3.8) is 0 Å². The molecular weight excluding hydrogens is 174 g/mol. The Hall–Kier alpha value is -0.0800. The van der Waals surface area contributed by atoms with Gasteiger partial charge < -0.3 is 10.1 Å².